The van der Waals surface area contributed by atoms with Gasteiger partial charge in [-0.25, -0.2) is 0 Å². The van der Waals surface area contributed by atoms with Gasteiger partial charge in [0, 0.05) is 18.7 Å². The van der Waals surface area contributed by atoms with Crippen molar-refractivity contribution in [3.63, 3.8) is 0 Å². The molecule has 1 aromatic carbocycles. The van der Waals surface area contributed by atoms with Gasteiger partial charge in [0.05, 0.1) is 9.83 Å². The highest BCUT2D eigenvalue weighted by Gasteiger charge is 2.34. The molecule has 2 heterocycles. The van der Waals surface area contributed by atoms with Gasteiger partial charge in [0.15, 0.2) is 5.17 Å². The summed E-state index contributed by atoms with van der Waals surface area (Å²) in [6.45, 7) is 3.69. The molecule has 0 bridgehead atoms. The average molecular weight is 436 g/mol. The molecule has 1 aliphatic rings. The van der Waals surface area contributed by atoms with Crippen LogP contribution >= 0.6 is 23.1 Å². The van der Waals surface area contributed by atoms with E-state index in [9.17, 15) is 23.3 Å². The summed E-state index contributed by atoms with van der Waals surface area (Å²) >= 11 is 1.97. The van der Waals surface area contributed by atoms with Gasteiger partial charge in [0.25, 0.3) is 21.6 Å². The predicted molar refractivity (Wildman–Crippen MR) is 110 cm³/mol. The van der Waals surface area contributed by atoms with Gasteiger partial charge in [0.2, 0.25) is 0 Å². The lowest BCUT2D eigenvalue weighted by molar-refractivity contribution is -0.384. The van der Waals surface area contributed by atoms with E-state index in [2.05, 4.69) is 11.0 Å². The molecule has 8 nitrogen and oxygen atoms in total. The molecule has 0 atom stereocenters. The van der Waals surface area contributed by atoms with Gasteiger partial charge in [-0.1, -0.05) is 12.1 Å². The van der Waals surface area contributed by atoms with E-state index >= 15 is 0 Å². The Morgan fingerprint density at radius 2 is 1.96 bits per heavy atom. The molecule has 1 aliphatic heterocycles. The zero-order valence-corrected chi connectivity index (χ0v) is 16.7. The normalized spacial score (nSPS) is 17.4. The van der Waals surface area contributed by atoms with Crippen LogP contribution in [0.25, 0.3) is 6.08 Å². The van der Waals surface area contributed by atoms with Gasteiger partial charge >= 0.3 is 0 Å². The predicted octanol–water partition coefficient (Wildman–Crippen LogP) is 3.50. The molecule has 3 rings (SSSR count). The minimum Gasteiger partial charge on any atom is -0.282 e. The molecule has 1 aromatic heterocycles. The molecule has 0 spiro atoms. The maximum atomic E-state index is 12.7. The van der Waals surface area contributed by atoms with Gasteiger partial charge in [-0.3, -0.25) is 19.8 Å². The summed E-state index contributed by atoms with van der Waals surface area (Å²) in [7, 11) is -3.93. The van der Waals surface area contributed by atoms with Gasteiger partial charge in [-0.05, 0) is 47.0 Å². The smallest absolute Gasteiger partial charge is 0.282 e. The number of thiophene rings is 1. The van der Waals surface area contributed by atoms with E-state index < -0.39 is 20.9 Å². The van der Waals surface area contributed by atoms with E-state index in [1.165, 1.54) is 47.4 Å². The number of rotatable bonds is 6. The van der Waals surface area contributed by atoms with Crippen LogP contribution in [0.3, 0.4) is 0 Å². The Labute approximate surface area is 169 Å². The third kappa shape index (κ3) is 4.21. The van der Waals surface area contributed by atoms with E-state index in [1.54, 1.807) is 11.4 Å². The summed E-state index contributed by atoms with van der Waals surface area (Å²) in [6.07, 6.45) is 3.01. The maximum absolute atomic E-state index is 12.7. The average Bonchev–Trinajstić information content (AvgIpc) is 3.28. The number of amides is 1. The fraction of sp³-hybridized carbons (Fsp3) is 0.0588. The number of amidine groups is 1. The summed E-state index contributed by atoms with van der Waals surface area (Å²) in [6, 6.07) is 8.72. The topological polar surface area (TPSA) is 110 Å². The van der Waals surface area contributed by atoms with Crippen LogP contribution in [0, 0.1) is 10.1 Å². The second kappa shape index (κ2) is 8.09. The van der Waals surface area contributed by atoms with Gasteiger partial charge in [-0.2, -0.15) is 8.42 Å². The number of non-ortho nitro benzene ring substituents is 1. The molecular formula is C17H13N3O5S3. The number of nitro groups is 1. The molecule has 11 heteroatoms. The van der Waals surface area contributed by atoms with E-state index in [0.29, 0.717) is 5.56 Å². The summed E-state index contributed by atoms with van der Waals surface area (Å²) in [5, 5.41) is 12.4. The highest BCUT2D eigenvalue weighted by atomic mass is 32.2. The number of carbonyl (C=O) groups excluding carboxylic acids is 1. The standard InChI is InChI=1S/C17H13N3O5S3/c1-2-9-19-16(21)14(11-12-5-7-13(8-6-12)20(22)23)27-17(19)18-28(24,25)15-4-3-10-26-15/h2-8,10-11H,1,9H2/b14-11-,18-17?. The molecule has 0 radical (unpaired) electrons. The molecule has 1 saturated heterocycles. The van der Waals surface area contributed by atoms with Crippen molar-refractivity contribution in [1.29, 1.82) is 0 Å². The lowest BCUT2D eigenvalue weighted by Crippen LogP contribution is -2.29. The second-order valence-corrected chi connectivity index (χ2v) is 9.23. The largest absolute Gasteiger partial charge is 0.294 e. The zero-order valence-electron chi connectivity index (χ0n) is 14.2. The molecular weight excluding hydrogens is 422 g/mol. The van der Waals surface area contributed by atoms with E-state index in [4.69, 9.17) is 0 Å². The summed E-state index contributed by atoms with van der Waals surface area (Å²) < 4.78 is 28.8. The lowest BCUT2D eigenvalue weighted by Gasteiger charge is -2.12. The number of benzene rings is 1. The number of sulfonamides is 1. The quantitative estimate of drug-likeness (QED) is 0.297. The van der Waals surface area contributed by atoms with Gasteiger partial charge in [0.1, 0.15) is 4.21 Å². The fourth-order valence-electron chi connectivity index (χ4n) is 2.27. The zero-order chi connectivity index (χ0) is 20.3. The van der Waals surface area contributed by atoms with Crippen molar-refractivity contribution >= 4 is 56.0 Å². The molecule has 2 aromatic rings. The van der Waals surface area contributed by atoms with Crippen molar-refractivity contribution < 1.29 is 18.1 Å². The van der Waals surface area contributed by atoms with Crippen LogP contribution < -0.4 is 0 Å². The first-order chi connectivity index (χ1) is 13.3. The van der Waals surface area contributed by atoms with Gasteiger partial charge < -0.3 is 0 Å². The Balaban J connectivity index is 1.95. The Bertz CT molecular complexity index is 1090. The maximum Gasteiger partial charge on any atom is 0.294 e. The van der Waals surface area contributed by atoms with Crippen LogP contribution in [0.4, 0.5) is 5.69 Å². The molecule has 1 amide bonds. The number of hydrogen-bond donors (Lipinski definition) is 0. The molecule has 144 valence electrons. The Morgan fingerprint density at radius 3 is 2.54 bits per heavy atom. The van der Waals surface area contributed by atoms with Crippen molar-refractivity contribution in [3.8, 4) is 0 Å². The Hall–Kier alpha value is -2.76. The number of nitro benzene ring substituents is 1. The van der Waals surface area contributed by atoms with Crippen molar-refractivity contribution in [2.75, 3.05) is 6.54 Å². The molecule has 28 heavy (non-hydrogen) atoms. The summed E-state index contributed by atoms with van der Waals surface area (Å²) in [5.41, 5.74) is 0.507. The van der Waals surface area contributed by atoms with Crippen LogP contribution in [0.5, 0.6) is 0 Å². The van der Waals surface area contributed by atoms with Crippen molar-refractivity contribution in [2.45, 2.75) is 4.21 Å². The lowest BCUT2D eigenvalue weighted by atomic mass is 10.2. The molecule has 0 N–H and O–H groups in total. The first-order valence-corrected chi connectivity index (χ1v) is 10.9. The van der Waals surface area contributed by atoms with Crippen molar-refractivity contribution in [2.24, 2.45) is 4.40 Å². The SMILES string of the molecule is C=CCN1C(=O)/C(=C/c2ccc([N+](=O)[O-])cc2)SC1=NS(=O)(=O)c1cccs1. The molecule has 0 saturated carbocycles. The third-order valence-corrected chi connectivity index (χ3v) is 7.31. The first kappa shape index (κ1) is 20.0. The van der Waals surface area contributed by atoms with Crippen LogP contribution in [0.1, 0.15) is 5.56 Å². The van der Waals surface area contributed by atoms with Crippen LogP contribution in [0.15, 0.2) is 67.9 Å². The minimum atomic E-state index is -3.93. The Morgan fingerprint density at radius 1 is 1.25 bits per heavy atom. The highest BCUT2D eigenvalue weighted by molar-refractivity contribution is 8.19. The fourth-order valence-corrected chi connectivity index (χ4v) is 5.43. The van der Waals surface area contributed by atoms with Gasteiger partial charge in [-0.15, -0.1) is 22.3 Å². The third-order valence-electron chi connectivity index (χ3n) is 3.55. The van der Waals surface area contributed by atoms with E-state index in [1.807, 2.05) is 0 Å². The molecule has 0 unspecified atom stereocenters. The first-order valence-electron chi connectivity index (χ1n) is 7.77. The Kier molecular flexibility index (Phi) is 5.77. The van der Waals surface area contributed by atoms with Crippen LogP contribution in [-0.2, 0) is 14.8 Å². The van der Waals surface area contributed by atoms with Crippen LogP contribution in [0.2, 0.25) is 0 Å². The second-order valence-electron chi connectivity index (χ2n) is 5.44. The number of nitrogens with zero attached hydrogens (tertiary/aromatic N) is 3. The summed E-state index contributed by atoms with van der Waals surface area (Å²) in [5.74, 6) is -0.414. The number of thioether (sulfide) groups is 1. The molecule has 1 fully saturated rings. The monoisotopic (exact) mass is 435 g/mol. The van der Waals surface area contributed by atoms with Crippen molar-refractivity contribution in [3.05, 3.63) is 75.0 Å². The van der Waals surface area contributed by atoms with E-state index in [0.717, 1.165) is 23.1 Å². The number of hydrogen-bond acceptors (Lipinski definition) is 7. The van der Waals surface area contributed by atoms with E-state index in [-0.39, 0.29) is 26.5 Å². The van der Waals surface area contributed by atoms with Crippen molar-refractivity contribution in [1.82, 2.24) is 4.90 Å². The number of carbonyl (C=O) groups is 1. The minimum absolute atomic E-state index is 0.0338. The van der Waals surface area contributed by atoms with Crippen LogP contribution in [-0.4, -0.2) is 35.9 Å². The summed E-state index contributed by atoms with van der Waals surface area (Å²) in [4.78, 5) is 24.4. The highest BCUT2D eigenvalue weighted by Crippen LogP contribution is 2.34. The molecule has 0 aliphatic carbocycles.